The predicted octanol–water partition coefficient (Wildman–Crippen LogP) is 5.76. The summed E-state index contributed by atoms with van der Waals surface area (Å²) in [6.07, 6.45) is 0.936. The van der Waals surface area contributed by atoms with Crippen LogP contribution in [0.5, 0.6) is 0 Å². The summed E-state index contributed by atoms with van der Waals surface area (Å²) >= 11 is 6.17. The molecule has 0 saturated heterocycles. The van der Waals surface area contributed by atoms with Crippen molar-refractivity contribution >= 4 is 28.5 Å². The smallest absolute Gasteiger partial charge is 0.224 e. The Labute approximate surface area is 194 Å². The van der Waals surface area contributed by atoms with Gasteiger partial charge in [-0.1, -0.05) is 80.0 Å². The first-order valence-corrected chi connectivity index (χ1v) is 11.4. The normalized spacial score (nSPS) is 11.2. The maximum absolute atomic E-state index is 12.4. The van der Waals surface area contributed by atoms with Crippen LogP contribution in [0.4, 0.5) is 0 Å². The fourth-order valence-electron chi connectivity index (χ4n) is 3.87. The van der Waals surface area contributed by atoms with Crippen molar-refractivity contribution in [2.24, 2.45) is 0 Å². The monoisotopic (exact) mass is 445 g/mol. The van der Waals surface area contributed by atoms with Crippen LogP contribution in [0.25, 0.3) is 11.0 Å². The van der Waals surface area contributed by atoms with Crippen molar-refractivity contribution < 1.29 is 4.79 Å². The Morgan fingerprint density at radius 2 is 1.72 bits per heavy atom. The number of para-hydroxylation sites is 2. The van der Waals surface area contributed by atoms with Crippen molar-refractivity contribution in [3.05, 3.63) is 100 Å². The first-order valence-electron chi connectivity index (χ1n) is 11.0. The van der Waals surface area contributed by atoms with Crippen molar-refractivity contribution in [3.63, 3.8) is 0 Å². The highest BCUT2D eigenvalue weighted by atomic mass is 35.5. The van der Waals surface area contributed by atoms with Gasteiger partial charge in [-0.05, 0) is 40.8 Å². The molecule has 1 N–H and O–H groups in total. The van der Waals surface area contributed by atoms with Gasteiger partial charge in [0, 0.05) is 24.5 Å². The van der Waals surface area contributed by atoms with Gasteiger partial charge in [0.2, 0.25) is 5.91 Å². The predicted molar refractivity (Wildman–Crippen MR) is 131 cm³/mol. The minimum atomic E-state index is -0.0370. The fourth-order valence-corrected chi connectivity index (χ4v) is 4.08. The zero-order valence-electron chi connectivity index (χ0n) is 18.5. The first kappa shape index (κ1) is 22.1. The van der Waals surface area contributed by atoms with Gasteiger partial charge < -0.3 is 9.88 Å². The van der Waals surface area contributed by atoms with Crippen LogP contribution < -0.4 is 5.32 Å². The minimum Gasteiger partial charge on any atom is -0.355 e. The zero-order chi connectivity index (χ0) is 22.5. The SMILES string of the molecule is CC(C)c1ccc(Cn2c(CCNC(=O)Cc3ccccc3Cl)nc3ccccc32)cc1. The molecule has 4 aromatic rings. The molecule has 0 radical (unpaired) electrons. The summed E-state index contributed by atoms with van der Waals surface area (Å²) in [7, 11) is 0. The molecule has 0 aliphatic carbocycles. The second kappa shape index (κ2) is 10.0. The summed E-state index contributed by atoms with van der Waals surface area (Å²) < 4.78 is 2.25. The van der Waals surface area contributed by atoms with Crippen LogP contribution in [0.3, 0.4) is 0 Å². The highest BCUT2D eigenvalue weighted by Gasteiger charge is 2.12. The lowest BCUT2D eigenvalue weighted by atomic mass is 10.0. The summed E-state index contributed by atoms with van der Waals surface area (Å²) in [5.41, 5.74) is 5.50. The number of fused-ring (bicyclic) bond motifs is 1. The molecule has 0 atom stereocenters. The molecule has 5 heteroatoms. The van der Waals surface area contributed by atoms with E-state index in [0.29, 0.717) is 23.9 Å². The third-order valence-corrected chi connectivity index (χ3v) is 6.07. The Morgan fingerprint density at radius 1 is 1.00 bits per heavy atom. The van der Waals surface area contributed by atoms with Gasteiger partial charge >= 0.3 is 0 Å². The number of carbonyl (C=O) groups is 1. The lowest BCUT2D eigenvalue weighted by Crippen LogP contribution is -2.28. The summed E-state index contributed by atoms with van der Waals surface area (Å²) in [5.74, 6) is 1.45. The van der Waals surface area contributed by atoms with Crippen molar-refractivity contribution in [1.29, 1.82) is 0 Å². The van der Waals surface area contributed by atoms with Crippen molar-refractivity contribution in [2.45, 2.75) is 39.2 Å². The van der Waals surface area contributed by atoms with Gasteiger partial charge in [-0.15, -0.1) is 0 Å². The van der Waals surface area contributed by atoms with Crippen LogP contribution in [0, 0.1) is 0 Å². The van der Waals surface area contributed by atoms with Gasteiger partial charge in [0.05, 0.1) is 17.5 Å². The quantitative estimate of drug-likeness (QED) is 0.374. The number of halogens is 1. The van der Waals surface area contributed by atoms with Gasteiger partial charge in [-0.2, -0.15) is 0 Å². The lowest BCUT2D eigenvalue weighted by molar-refractivity contribution is -0.120. The molecule has 0 aliphatic heterocycles. The number of benzene rings is 3. The fraction of sp³-hybridized carbons (Fsp3) is 0.259. The standard InChI is InChI=1S/C27H28ClN3O/c1-19(2)21-13-11-20(12-14-21)18-31-25-10-6-5-9-24(25)30-26(31)15-16-29-27(32)17-22-7-3-4-8-23(22)28/h3-14,19H,15-18H2,1-2H3,(H,29,32). The number of hydrogen-bond donors (Lipinski definition) is 1. The van der Waals surface area contributed by atoms with Crippen LogP contribution in [0.15, 0.2) is 72.8 Å². The highest BCUT2D eigenvalue weighted by molar-refractivity contribution is 6.31. The van der Waals surface area contributed by atoms with Crippen molar-refractivity contribution in [3.8, 4) is 0 Å². The summed E-state index contributed by atoms with van der Waals surface area (Å²) in [6.45, 7) is 5.69. The van der Waals surface area contributed by atoms with Gasteiger partial charge in [0.1, 0.15) is 5.82 Å². The number of carbonyl (C=O) groups excluding carboxylic acids is 1. The summed E-state index contributed by atoms with van der Waals surface area (Å²) in [5, 5.41) is 3.63. The third-order valence-electron chi connectivity index (χ3n) is 5.70. The van der Waals surface area contributed by atoms with Gasteiger partial charge in [-0.25, -0.2) is 4.98 Å². The molecule has 4 nitrogen and oxygen atoms in total. The Morgan fingerprint density at radius 3 is 2.47 bits per heavy atom. The number of aromatic nitrogens is 2. The number of nitrogens with zero attached hydrogens (tertiary/aromatic N) is 2. The van der Waals surface area contributed by atoms with E-state index in [0.717, 1.165) is 29.0 Å². The van der Waals surface area contributed by atoms with E-state index < -0.39 is 0 Å². The van der Waals surface area contributed by atoms with Crippen LogP contribution in [-0.2, 0) is 24.2 Å². The molecule has 0 unspecified atom stereocenters. The average Bonchev–Trinajstić information content (AvgIpc) is 3.13. The molecule has 1 amide bonds. The molecule has 4 rings (SSSR count). The molecule has 3 aromatic carbocycles. The molecule has 32 heavy (non-hydrogen) atoms. The van der Waals surface area contributed by atoms with Crippen LogP contribution in [0.1, 0.15) is 42.3 Å². The number of amides is 1. The lowest BCUT2D eigenvalue weighted by Gasteiger charge is -2.12. The maximum atomic E-state index is 12.4. The number of imidazole rings is 1. The molecular formula is C27H28ClN3O. The molecule has 0 aliphatic rings. The van der Waals surface area contributed by atoms with Crippen molar-refractivity contribution in [2.75, 3.05) is 6.54 Å². The maximum Gasteiger partial charge on any atom is 0.224 e. The third kappa shape index (κ3) is 5.20. The topological polar surface area (TPSA) is 46.9 Å². The van der Waals surface area contributed by atoms with E-state index in [4.69, 9.17) is 16.6 Å². The van der Waals surface area contributed by atoms with E-state index in [1.54, 1.807) is 6.07 Å². The van der Waals surface area contributed by atoms with E-state index >= 15 is 0 Å². The van der Waals surface area contributed by atoms with E-state index in [2.05, 4.69) is 54.1 Å². The van der Waals surface area contributed by atoms with E-state index in [9.17, 15) is 4.79 Å². The Kier molecular flexibility index (Phi) is 6.91. The molecule has 0 fully saturated rings. The second-order valence-electron chi connectivity index (χ2n) is 8.37. The van der Waals surface area contributed by atoms with Crippen LogP contribution in [0.2, 0.25) is 5.02 Å². The Bertz CT molecular complexity index is 1210. The molecule has 1 aromatic heterocycles. The van der Waals surface area contributed by atoms with Gasteiger partial charge in [0.15, 0.2) is 0 Å². The average molecular weight is 446 g/mol. The second-order valence-corrected chi connectivity index (χ2v) is 8.77. The Hall–Kier alpha value is -3.11. The summed E-state index contributed by atoms with van der Waals surface area (Å²) in [6, 6.07) is 24.4. The number of rotatable bonds is 8. The number of hydrogen-bond acceptors (Lipinski definition) is 2. The molecule has 1 heterocycles. The highest BCUT2D eigenvalue weighted by Crippen LogP contribution is 2.20. The zero-order valence-corrected chi connectivity index (χ0v) is 19.3. The largest absolute Gasteiger partial charge is 0.355 e. The number of nitrogens with one attached hydrogen (secondary N) is 1. The minimum absolute atomic E-state index is 0.0370. The molecule has 0 saturated carbocycles. The van der Waals surface area contributed by atoms with Crippen LogP contribution >= 0.6 is 11.6 Å². The molecular weight excluding hydrogens is 418 g/mol. The first-order chi connectivity index (χ1) is 15.5. The van der Waals surface area contributed by atoms with Crippen LogP contribution in [-0.4, -0.2) is 22.0 Å². The van der Waals surface area contributed by atoms with Gasteiger partial charge in [-0.3, -0.25) is 4.79 Å². The van der Waals surface area contributed by atoms with Gasteiger partial charge in [0.25, 0.3) is 0 Å². The van der Waals surface area contributed by atoms with E-state index in [1.165, 1.54) is 11.1 Å². The molecule has 164 valence electrons. The van der Waals surface area contributed by atoms with E-state index in [-0.39, 0.29) is 12.3 Å². The molecule has 0 bridgehead atoms. The van der Waals surface area contributed by atoms with Crippen molar-refractivity contribution in [1.82, 2.24) is 14.9 Å². The Balaban J connectivity index is 1.46. The van der Waals surface area contributed by atoms with E-state index in [1.807, 2.05) is 36.4 Å². The molecule has 0 spiro atoms. The summed E-state index contributed by atoms with van der Waals surface area (Å²) in [4.78, 5) is 17.2.